The van der Waals surface area contributed by atoms with Gasteiger partial charge in [-0.2, -0.15) is 0 Å². The van der Waals surface area contributed by atoms with Crippen molar-refractivity contribution in [3.63, 3.8) is 0 Å². The molecule has 4 rings (SSSR count). The van der Waals surface area contributed by atoms with Crippen molar-refractivity contribution >= 4 is 45.6 Å². The number of anilines is 2. The first-order chi connectivity index (χ1) is 14.6. The predicted octanol–water partition coefficient (Wildman–Crippen LogP) is 7.20. The molecule has 0 radical (unpaired) electrons. The topological polar surface area (TPSA) is 56.3 Å². The van der Waals surface area contributed by atoms with Crippen LogP contribution in [0.15, 0.2) is 76.0 Å². The van der Waals surface area contributed by atoms with E-state index in [1.54, 1.807) is 13.3 Å². The van der Waals surface area contributed by atoms with Gasteiger partial charge in [0.1, 0.15) is 11.5 Å². The van der Waals surface area contributed by atoms with Gasteiger partial charge in [-0.3, -0.25) is 0 Å². The lowest BCUT2D eigenvalue weighted by atomic mass is 10.3. The molecule has 2 heterocycles. The van der Waals surface area contributed by atoms with Gasteiger partial charge in [-0.1, -0.05) is 41.6 Å². The Morgan fingerprint density at radius 1 is 1.07 bits per heavy atom. The number of methoxy groups -OCH3 is 1. The zero-order valence-corrected chi connectivity index (χ0v) is 18.6. The van der Waals surface area contributed by atoms with Gasteiger partial charge in [0.15, 0.2) is 16.7 Å². The number of aromatic nitrogens is 2. The molecule has 0 amide bonds. The largest absolute Gasteiger partial charge is 0.497 e. The lowest BCUT2D eigenvalue weighted by Crippen LogP contribution is -1.97. The Labute approximate surface area is 188 Å². The Hall–Kier alpha value is -2.74. The summed E-state index contributed by atoms with van der Waals surface area (Å²) in [5.41, 5.74) is 0.952. The number of hydrogen-bond donors (Lipinski definition) is 1. The quantitative estimate of drug-likeness (QED) is 0.318. The first-order valence-electron chi connectivity index (χ1n) is 9.04. The Bertz CT molecular complexity index is 1150. The van der Waals surface area contributed by atoms with Gasteiger partial charge in [0.05, 0.1) is 17.8 Å². The van der Waals surface area contributed by atoms with Crippen LogP contribution < -0.4 is 14.8 Å². The number of aryl methyl sites for hydroxylation is 1. The minimum atomic E-state index is 0.592. The summed E-state index contributed by atoms with van der Waals surface area (Å²) in [6.07, 6.45) is 1.78. The second-order valence-corrected chi connectivity index (χ2v) is 8.63. The number of benzene rings is 2. The number of ether oxygens (including phenoxy) is 2. The molecule has 0 spiro atoms. The summed E-state index contributed by atoms with van der Waals surface area (Å²) in [7, 11) is 1.63. The zero-order chi connectivity index (χ0) is 20.9. The van der Waals surface area contributed by atoms with E-state index in [1.807, 2.05) is 66.9 Å². The fourth-order valence-electron chi connectivity index (χ4n) is 2.60. The van der Waals surface area contributed by atoms with Crippen molar-refractivity contribution in [2.24, 2.45) is 0 Å². The van der Waals surface area contributed by atoms with Crippen LogP contribution in [0.25, 0.3) is 0 Å². The SMILES string of the molecule is COc1ccc(Cl)c(Sc2cnc(Nc3nc(C)cs3)c(Oc3ccccc3)c2)c1. The van der Waals surface area contributed by atoms with Crippen LogP contribution >= 0.6 is 34.7 Å². The van der Waals surface area contributed by atoms with Gasteiger partial charge in [-0.15, -0.1) is 11.3 Å². The summed E-state index contributed by atoms with van der Waals surface area (Å²) in [5.74, 6) is 2.65. The summed E-state index contributed by atoms with van der Waals surface area (Å²) < 4.78 is 11.4. The van der Waals surface area contributed by atoms with E-state index in [1.165, 1.54) is 23.1 Å². The number of halogens is 1. The van der Waals surface area contributed by atoms with E-state index in [4.69, 9.17) is 21.1 Å². The second-order valence-electron chi connectivity index (χ2n) is 6.25. The molecule has 0 unspecified atom stereocenters. The van der Waals surface area contributed by atoms with E-state index in [9.17, 15) is 0 Å². The van der Waals surface area contributed by atoms with Crippen molar-refractivity contribution in [1.29, 1.82) is 0 Å². The number of rotatable bonds is 7. The average Bonchev–Trinajstić information content (AvgIpc) is 3.17. The molecule has 0 saturated heterocycles. The summed E-state index contributed by atoms with van der Waals surface area (Å²) in [6.45, 7) is 1.95. The zero-order valence-electron chi connectivity index (χ0n) is 16.3. The molecule has 4 aromatic rings. The van der Waals surface area contributed by atoms with E-state index < -0.39 is 0 Å². The molecule has 0 bridgehead atoms. The van der Waals surface area contributed by atoms with Gasteiger partial charge in [-0.05, 0) is 37.3 Å². The Balaban J connectivity index is 1.66. The van der Waals surface area contributed by atoms with E-state index in [0.29, 0.717) is 16.6 Å². The van der Waals surface area contributed by atoms with Gasteiger partial charge in [0.25, 0.3) is 0 Å². The van der Waals surface area contributed by atoms with Crippen LogP contribution in [-0.2, 0) is 0 Å². The summed E-state index contributed by atoms with van der Waals surface area (Å²) in [6, 6.07) is 17.1. The fraction of sp³-hybridized carbons (Fsp3) is 0.0909. The maximum atomic E-state index is 6.37. The first kappa shape index (κ1) is 20.5. The third-order valence-electron chi connectivity index (χ3n) is 4.01. The van der Waals surface area contributed by atoms with E-state index in [2.05, 4.69) is 15.3 Å². The lowest BCUT2D eigenvalue weighted by molar-refractivity contribution is 0.413. The Morgan fingerprint density at radius 2 is 1.90 bits per heavy atom. The number of hydrogen-bond acceptors (Lipinski definition) is 7. The molecule has 2 aromatic carbocycles. The Kier molecular flexibility index (Phi) is 6.42. The molecule has 2 aromatic heterocycles. The van der Waals surface area contributed by atoms with Crippen molar-refractivity contribution < 1.29 is 9.47 Å². The highest BCUT2D eigenvalue weighted by Gasteiger charge is 2.13. The molecule has 0 aliphatic heterocycles. The van der Waals surface area contributed by atoms with Crippen LogP contribution in [0.1, 0.15) is 5.69 Å². The van der Waals surface area contributed by atoms with E-state index >= 15 is 0 Å². The molecule has 5 nitrogen and oxygen atoms in total. The highest BCUT2D eigenvalue weighted by Crippen LogP contribution is 2.39. The average molecular weight is 456 g/mol. The molecule has 0 atom stereocenters. The van der Waals surface area contributed by atoms with Crippen LogP contribution in [0.2, 0.25) is 5.02 Å². The second kappa shape index (κ2) is 9.38. The molecule has 0 aliphatic rings. The lowest BCUT2D eigenvalue weighted by Gasteiger charge is -2.13. The van der Waals surface area contributed by atoms with Crippen LogP contribution in [0.3, 0.4) is 0 Å². The summed E-state index contributed by atoms with van der Waals surface area (Å²) >= 11 is 9.38. The smallest absolute Gasteiger partial charge is 0.188 e. The maximum Gasteiger partial charge on any atom is 0.188 e. The molecule has 0 aliphatic carbocycles. The maximum absolute atomic E-state index is 6.37. The van der Waals surface area contributed by atoms with Gasteiger partial charge < -0.3 is 14.8 Å². The molecule has 8 heteroatoms. The van der Waals surface area contributed by atoms with Gasteiger partial charge >= 0.3 is 0 Å². The number of nitrogens with zero attached hydrogens (tertiary/aromatic N) is 2. The Morgan fingerprint density at radius 3 is 2.63 bits per heavy atom. The number of nitrogens with one attached hydrogen (secondary N) is 1. The first-order valence-corrected chi connectivity index (χ1v) is 11.1. The third-order valence-corrected chi connectivity index (χ3v) is 6.34. The van der Waals surface area contributed by atoms with Crippen molar-refractivity contribution in [3.05, 3.63) is 76.9 Å². The van der Waals surface area contributed by atoms with Crippen LogP contribution in [0.5, 0.6) is 17.2 Å². The number of pyridine rings is 1. The summed E-state index contributed by atoms with van der Waals surface area (Å²) in [4.78, 5) is 10.8. The standard InChI is InChI=1S/C22H18ClN3O2S2/c1-14-13-29-22(25-14)26-21-19(28-15-6-4-3-5-7-15)11-17(12-24-21)30-20-10-16(27-2)8-9-18(20)23/h3-13H,1-2H3,(H,24,25,26). The minimum Gasteiger partial charge on any atom is -0.497 e. The molecule has 30 heavy (non-hydrogen) atoms. The third kappa shape index (κ3) is 5.05. The monoisotopic (exact) mass is 455 g/mol. The van der Waals surface area contributed by atoms with E-state index in [-0.39, 0.29) is 0 Å². The van der Waals surface area contributed by atoms with Gasteiger partial charge in [0, 0.05) is 27.4 Å². The van der Waals surface area contributed by atoms with Gasteiger partial charge in [0.2, 0.25) is 0 Å². The highest BCUT2D eigenvalue weighted by atomic mass is 35.5. The molecule has 0 saturated carbocycles. The van der Waals surface area contributed by atoms with Crippen LogP contribution in [0, 0.1) is 6.92 Å². The molecular formula is C22H18ClN3O2S2. The molecule has 0 fully saturated rings. The normalized spacial score (nSPS) is 10.6. The van der Waals surface area contributed by atoms with Crippen LogP contribution in [-0.4, -0.2) is 17.1 Å². The predicted molar refractivity (Wildman–Crippen MR) is 123 cm³/mol. The van der Waals surface area contributed by atoms with Gasteiger partial charge in [-0.25, -0.2) is 9.97 Å². The molecular weight excluding hydrogens is 438 g/mol. The molecule has 152 valence electrons. The van der Waals surface area contributed by atoms with Crippen LogP contribution in [0.4, 0.5) is 10.9 Å². The van der Waals surface area contributed by atoms with E-state index in [0.717, 1.165) is 32.1 Å². The molecule has 1 N–H and O–H groups in total. The van der Waals surface area contributed by atoms with Crippen molar-refractivity contribution in [1.82, 2.24) is 9.97 Å². The van der Waals surface area contributed by atoms with Crippen molar-refractivity contribution in [3.8, 4) is 17.2 Å². The fourth-order valence-corrected chi connectivity index (χ4v) is 4.38. The highest BCUT2D eigenvalue weighted by molar-refractivity contribution is 7.99. The number of thiazole rings is 1. The van der Waals surface area contributed by atoms with Crippen molar-refractivity contribution in [2.45, 2.75) is 16.7 Å². The number of para-hydroxylation sites is 1. The minimum absolute atomic E-state index is 0.592. The summed E-state index contributed by atoms with van der Waals surface area (Å²) in [5, 5.41) is 6.64. The van der Waals surface area contributed by atoms with Crippen molar-refractivity contribution in [2.75, 3.05) is 12.4 Å².